The number of rotatable bonds is 4. The Labute approximate surface area is 82.7 Å². The molecular formula is C9H24N4. The van der Waals surface area contributed by atoms with Gasteiger partial charge in [0.05, 0.1) is 0 Å². The Morgan fingerprint density at radius 3 is 0.615 bits per heavy atom. The third kappa shape index (κ3) is 2.02. The van der Waals surface area contributed by atoms with Crippen molar-refractivity contribution in [3.8, 4) is 0 Å². The van der Waals surface area contributed by atoms with Crippen LogP contribution < -0.4 is 0 Å². The van der Waals surface area contributed by atoms with Crippen molar-refractivity contribution in [2.75, 3.05) is 56.4 Å². The van der Waals surface area contributed by atoms with Crippen LogP contribution in [-0.4, -0.2) is 81.9 Å². The van der Waals surface area contributed by atoms with Gasteiger partial charge < -0.3 is 0 Å². The Hall–Kier alpha value is -0.160. The van der Waals surface area contributed by atoms with Gasteiger partial charge in [0, 0.05) is 0 Å². The highest BCUT2D eigenvalue weighted by Crippen LogP contribution is 2.20. The molecule has 0 rings (SSSR count). The van der Waals surface area contributed by atoms with Gasteiger partial charge in [0.1, 0.15) is 0 Å². The largest absolute Gasteiger partial charge is 0.266 e. The lowest BCUT2D eigenvalue weighted by atomic mass is 10.4. The lowest BCUT2D eigenvalue weighted by Gasteiger charge is -2.53. The molecule has 0 aliphatic heterocycles. The highest BCUT2D eigenvalue weighted by molar-refractivity contribution is 4.79. The van der Waals surface area contributed by atoms with Crippen LogP contribution in [0.2, 0.25) is 0 Å². The van der Waals surface area contributed by atoms with Crippen LogP contribution in [0.1, 0.15) is 0 Å². The van der Waals surface area contributed by atoms with Crippen LogP contribution in [0.4, 0.5) is 0 Å². The van der Waals surface area contributed by atoms with E-state index in [0.717, 1.165) is 0 Å². The minimum atomic E-state index is -0.167. The lowest BCUT2D eigenvalue weighted by Crippen LogP contribution is -2.71. The molecule has 80 valence electrons. The van der Waals surface area contributed by atoms with Gasteiger partial charge >= 0.3 is 0 Å². The van der Waals surface area contributed by atoms with E-state index in [0.29, 0.717) is 0 Å². The Balaban J connectivity index is 5.06. The zero-order valence-corrected chi connectivity index (χ0v) is 10.3. The zero-order valence-electron chi connectivity index (χ0n) is 10.3. The molecule has 0 spiro atoms. The quantitative estimate of drug-likeness (QED) is 0.569. The van der Waals surface area contributed by atoms with Crippen molar-refractivity contribution in [1.29, 1.82) is 0 Å². The number of hydrogen-bond acceptors (Lipinski definition) is 4. The molecule has 0 aliphatic carbocycles. The summed E-state index contributed by atoms with van der Waals surface area (Å²) in [6, 6.07) is 0. The molecule has 0 radical (unpaired) electrons. The third-order valence-electron chi connectivity index (χ3n) is 2.40. The Bertz CT molecular complexity index is 114. The summed E-state index contributed by atoms with van der Waals surface area (Å²) in [5.41, 5.74) is 0. The summed E-state index contributed by atoms with van der Waals surface area (Å²) in [4.78, 5) is 8.75. The van der Waals surface area contributed by atoms with Gasteiger partial charge in [-0.3, -0.25) is 19.6 Å². The summed E-state index contributed by atoms with van der Waals surface area (Å²) in [6.07, 6.45) is 0. The Kier molecular flexibility index (Phi) is 4.32. The fraction of sp³-hybridized carbons (Fsp3) is 1.00. The van der Waals surface area contributed by atoms with Gasteiger partial charge in [-0.25, -0.2) is 0 Å². The van der Waals surface area contributed by atoms with Crippen LogP contribution in [0, 0.1) is 0 Å². The van der Waals surface area contributed by atoms with E-state index in [1.807, 2.05) is 0 Å². The van der Waals surface area contributed by atoms with Gasteiger partial charge in [-0.15, -0.1) is 0 Å². The van der Waals surface area contributed by atoms with Crippen LogP contribution in [0.3, 0.4) is 0 Å². The fourth-order valence-electron chi connectivity index (χ4n) is 2.40. The maximum absolute atomic E-state index is 2.19. The minimum absolute atomic E-state index is 0.167. The van der Waals surface area contributed by atoms with Crippen LogP contribution in [0.25, 0.3) is 0 Å². The predicted molar refractivity (Wildman–Crippen MR) is 57.5 cm³/mol. The van der Waals surface area contributed by atoms with E-state index in [2.05, 4.69) is 76.0 Å². The minimum Gasteiger partial charge on any atom is -0.266 e. The molecule has 4 nitrogen and oxygen atoms in total. The molecule has 0 heterocycles. The van der Waals surface area contributed by atoms with Crippen molar-refractivity contribution in [1.82, 2.24) is 19.6 Å². The molecule has 0 saturated heterocycles. The fourth-order valence-corrected chi connectivity index (χ4v) is 2.40. The average molecular weight is 188 g/mol. The van der Waals surface area contributed by atoms with E-state index in [9.17, 15) is 0 Å². The van der Waals surface area contributed by atoms with Crippen molar-refractivity contribution < 1.29 is 0 Å². The van der Waals surface area contributed by atoms with Crippen LogP contribution in [0.15, 0.2) is 0 Å². The van der Waals surface area contributed by atoms with Crippen molar-refractivity contribution in [3.05, 3.63) is 0 Å². The Morgan fingerprint density at radius 2 is 0.615 bits per heavy atom. The van der Waals surface area contributed by atoms with Crippen molar-refractivity contribution >= 4 is 0 Å². The van der Waals surface area contributed by atoms with Gasteiger partial charge in [-0.05, 0) is 56.4 Å². The van der Waals surface area contributed by atoms with Crippen LogP contribution in [-0.2, 0) is 0 Å². The van der Waals surface area contributed by atoms with Gasteiger partial charge in [0.2, 0.25) is 0 Å². The molecule has 0 aromatic heterocycles. The van der Waals surface area contributed by atoms with Crippen molar-refractivity contribution in [3.63, 3.8) is 0 Å². The van der Waals surface area contributed by atoms with Gasteiger partial charge in [0.25, 0.3) is 0 Å². The molecule has 0 unspecified atom stereocenters. The maximum atomic E-state index is 2.19. The standard InChI is InChI=1S/C9H24N4/c1-10(2)9(11(3)4,12(5)6)13(7)8/h1-8H3. The molecule has 13 heavy (non-hydrogen) atoms. The second kappa shape index (κ2) is 4.37. The molecule has 0 aliphatic rings. The van der Waals surface area contributed by atoms with Crippen LogP contribution in [0.5, 0.6) is 0 Å². The van der Waals surface area contributed by atoms with Crippen LogP contribution >= 0.6 is 0 Å². The summed E-state index contributed by atoms with van der Waals surface area (Å²) >= 11 is 0. The van der Waals surface area contributed by atoms with Gasteiger partial charge in [0.15, 0.2) is 5.91 Å². The SMILES string of the molecule is CN(C)C(N(C)C)(N(C)C)N(C)C. The highest BCUT2D eigenvalue weighted by atomic mass is 15.7. The molecule has 0 N–H and O–H groups in total. The second-order valence-electron chi connectivity index (χ2n) is 4.18. The number of hydrogen-bond donors (Lipinski definition) is 0. The van der Waals surface area contributed by atoms with E-state index in [-0.39, 0.29) is 5.91 Å². The van der Waals surface area contributed by atoms with E-state index in [1.54, 1.807) is 0 Å². The molecule has 4 heteroatoms. The van der Waals surface area contributed by atoms with Gasteiger partial charge in [-0.2, -0.15) is 0 Å². The third-order valence-corrected chi connectivity index (χ3v) is 2.40. The summed E-state index contributed by atoms with van der Waals surface area (Å²) in [7, 11) is 16.7. The van der Waals surface area contributed by atoms with E-state index >= 15 is 0 Å². The van der Waals surface area contributed by atoms with E-state index < -0.39 is 0 Å². The first-order chi connectivity index (χ1) is 5.77. The van der Waals surface area contributed by atoms with E-state index in [1.165, 1.54) is 0 Å². The van der Waals surface area contributed by atoms with Crippen molar-refractivity contribution in [2.45, 2.75) is 5.91 Å². The zero-order chi connectivity index (χ0) is 10.8. The molecule has 0 atom stereocenters. The average Bonchev–Trinajstić information content (AvgIpc) is 1.82. The maximum Gasteiger partial charge on any atom is 0.189 e. The normalized spacial score (nSPS) is 13.8. The predicted octanol–water partition coefficient (Wildman–Crippen LogP) is -0.156. The summed E-state index contributed by atoms with van der Waals surface area (Å²) < 4.78 is 0. The molecule has 0 aromatic carbocycles. The molecule has 0 aromatic rings. The van der Waals surface area contributed by atoms with Crippen molar-refractivity contribution in [2.24, 2.45) is 0 Å². The topological polar surface area (TPSA) is 13.0 Å². The molecule has 0 amide bonds. The number of nitrogens with zero attached hydrogens (tertiary/aromatic N) is 4. The first-order valence-corrected chi connectivity index (χ1v) is 4.47. The van der Waals surface area contributed by atoms with E-state index in [4.69, 9.17) is 0 Å². The summed E-state index contributed by atoms with van der Waals surface area (Å²) in [6.45, 7) is 0. The Morgan fingerprint density at radius 1 is 0.462 bits per heavy atom. The molecule has 0 saturated carbocycles. The highest BCUT2D eigenvalue weighted by Gasteiger charge is 2.39. The smallest absolute Gasteiger partial charge is 0.189 e. The lowest BCUT2D eigenvalue weighted by molar-refractivity contribution is -0.200. The summed E-state index contributed by atoms with van der Waals surface area (Å²) in [5, 5.41) is 0. The first-order valence-electron chi connectivity index (χ1n) is 4.47. The first kappa shape index (κ1) is 12.8. The molecular weight excluding hydrogens is 164 g/mol. The molecule has 0 bridgehead atoms. The van der Waals surface area contributed by atoms with Gasteiger partial charge in [-0.1, -0.05) is 0 Å². The second-order valence-corrected chi connectivity index (χ2v) is 4.18. The monoisotopic (exact) mass is 188 g/mol. The molecule has 0 fully saturated rings. The summed E-state index contributed by atoms with van der Waals surface area (Å²) in [5.74, 6) is -0.167.